The Labute approximate surface area is 188 Å². The number of rotatable bonds is 3. The molecule has 0 unspecified atom stereocenters. The minimum absolute atomic E-state index is 0.0248. The van der Waals surface area contributed by atoms with E-state index in [4.69, 9.17) is 0 Å². The van der Waals surface area contributed by atoms with Gasteiger partial charge in [-0.25, -0.2) is 0 Å². The van der Waals surface area contributed by atoms with Crippen molar-refractivity contribution in [2.75, 3.05) is 23.3 Å². The van der Waals surface area contributed by atoms with Crippen LogP contribution in [0.2, 0.25) is 0 Å². The zero-order valence-electron chi connectivity index (χ0n) is 17.8. The highest BCUT2D eigenvalue weighted by Crippen LogP contribution is 2.37. The smallest absolute Gasteiger partial charge is 0.274 e. The quantitative estimate of drug-likeness (QED) is 0.317. The zero-order chi connectivity index (χ0) is 22.1. The number of hydrogen-bond donors (Lipinski definition) is 4. The van der Waals surface area contributed by atoms with Crippen LogP contribution >= 0.6 is 0 Å². The van der Waals surface area contributed by atoms with Crippen molar-refractivity contribution >= 4 is 44.9 Å². The SMILES string of the molecule is O=C(c1cc[nH]c1)c1cc2c3c(ccc2[nH]1)N(C(=O)c1cc2c4c(ccc2[nH]1)NCC4)CC3. The Morgan fingerprint density at radius 3 is 2.48 bits per heavy atom. The molecule has 0 radical (unpaired) electrons. The maximum atomic E-state index is 13.5. The number of nitrogens with zero attached hydrogens (tertiary/aromatic N) is 1. The molecule has 7 rings (SSSR count). The molecule has 0 fully saturated rings. The van der Waals surface area contributed by atoms with E-state index < -0.39 is 0 Å². The van der Waals surface area contributed by atoms with Gasteiger partial charge in [0.2, 0.25) is 5.78 Å². The number of anilines is 2. The van der Waals surface area contributed by atoms with E-state index in [1.807, 2.05) is 35.2 Å². The summed E-state index contributed by atoms with van der Waals surface area (Å²) < 4.78 is 0. The lowest BCUT2D eigenvalue weighted by Gasteiger charge is -2.16. The lowest BCUT2D eigenvalue weighted by Crippen LogP contribution is -2.29. The third-order valence-electron chi connectivity index (χ3n) is 6.95. The average Bonchev–Trinajstić information content (AvgIpc) is 3.65. The van der Waals surface area contributed by atoms with Gasteiger partial charge >= 0.3 is 0 Å². The Morgan fingerprint density at radius 2 is 1.64 bits per heavy atom. The lowest BCUT2D eigenvalue weighted by atomic mass is 10.1. The summed E-state index contributed by atoms with van der Waals surface area (Å²) in [5, 5.41) is 5.52. The first-order chi connectivity index (χ1) is 16.2. The van der Waals surface area contributed by atoms with Crippen LogP contribution in [0.3, 0.4) is 0 Å². The maximum absolute atomic E-state index is 13.5. The summed E-state index contributed by atoms with van der Waals surface area (Å²) >= 11 is 0. The number of aromatic amines is 3. The van der Waals surface area contributed by atoms with Crippen LogP contribution in [0.5, 0.6) is 0 Å². The maximum Gasteiger partial charge on any atom is 0.274 e. The molecule has 5 aromatic rings. The summed E-state index contributed by atoms with van der Waals surface area (Å²) in [6.07, 6.45) is 5.17. The van der Waals surface area contributed by atoms with Gasteiger partial charge in [-0.15, -0.1) is 0 Å². The highest BCUT2D eigenvalue weighted by Gasteiger charge is 2.29. The van der Waals surface area contributed by atoms with Gasteiger partial charge < -0.3 is 25.2 Å². The molecule has 0 aliphatic carbocycles. The van der Waals surface area contributed by atoms with Crippen LogP contribution in [-0.2, 0) is 12.8 Å². The molecular formula is C26H21N5O2. The van der Waals surface area contributed by atoms with E-state index in [1.165, 1.54) is 5.56 Å². The summed E-state index contributed by atoms with van der Waals surface area (Å²) in [6, 6.07) is 13.7. The molecular weight excluding hydrogens is 414 g/mol. The number of carbonyl (C=O) groups excluding carboxylic acids is 2. The summed E-state index contributed by atoms with van der Waals surface area (Å²) in [6.45, 7) is 1.55. The highest BCUT2D eigenvalue weighted by atomic mass is 16.2. The van der Waals surface area contributed by atoms with Crippen molar-refractivity contribution in [1.29, 1.82) is 0 Å². The second-order valence-corrected chi connectivity index (χ2v) is 8.76. The van der Waals surface area contributed by atoms with E-state index in [-0.39, 0.29) is 11.7 Å². The predicted molar refractivity (Wildman–Crippen MR) is 128 cm³/mol. The summed E-state index contributed by atoms with van der Waals surface area (Å²) in [5.74, 6) is -0.0737. The molecule has 2 aromatic carbocycles. The van der Waals surface area contributed by atoms with Crippen molar-refractivity contribution in [2.45, 2.75) is 12.8 Å². The second-order valence-electron chi connectivity index (χ2n) is 8.76. The van der Waals surface area contributed by atoms with Gasteiger partial charge in [0.1, 0.15) is 5.69 Å². The molecule has 7 nitrogen and oxygen atoms in total. The van der Waals surface area contributed by atoms with Gasteiger partial charge in [-0.05, 0) is 66.4 Å². The van der Waals surface area contributed by atoms with Gasteiger partial charge in [0.15, 0.2) is 0 Å². The molecule has 2 aliphatic heterocycles. The van der Waals surface area contributed by atoms with E-state index in [2.05, 4.69) is 26.3 Å². The predicted octanol–water partition coefficient (Wildman–Crippen LogP) is 4.38. The van der Waals surface area contributed by atoms with E-state index in [9.17, 15) is 9.59 Å². The van der Waals surface area contributed by atoms with E-state index in [1.54, 1.807) is 18.5 Å². The molecule has 7 heteroatoms. The van der Waals surface area contributed by atoms with Crippen LogP contribution in [0, 0.1) is 0 Å². The fourth-order valence-corrected chi connectivity index (χ4v) is 5.35. The van der Waals surface area contributed by atoms with Crippen LogP contribution < -0.4 is 10.2 Å². The monoisotopic (exact) mass is 435 g/mol. The summed E-state index contributed by atoms with van der Waals surface area (Å²) in [4.78, 5) is 37.6. The molecule has 162 valence electrons. The first kappa shape index (κ1) is 18.3. The third kappa shape index (κ3) is 2.62. The second kappa shape index (κ2) is 6.62. The van der Waals surface area contributed by atoms with Gasteiger partial charge in [0.25, 0.3) is 5.91 Å². The number of amides is 1. The minimum atomic E-state index is -0.0489. The number of aromatic nitrogens is 3. The topological polar surface area (TPSA) is 96.8 Å². The summed E-state index contributed by atoms with van der Waals surface area (Å²) in [5.41, 5.74) is 8.14. The van der Waals surface area contributed by atoms with Crippen LogP contribution in [0.4, 0.5) is 11.4 Å². The number of ketones is 1. The van der Waals surface area contributed by atoms with Crippen molar-refractivity contribution in [1.82, 2.24) is 15.0 Å². The Balaban J connectivity index is 1.26. The van der Waals surface area contributed by atoms with Crippen molar-refractivity contribution in [3.05, 3.63) is 82.9 Å². The number of H-pyrrole nitrogens is 3. The van der Waals surface area contributed by atoms with Crippen LogP contribution in [0.15, 0.2) is 54.9 Å². The molecule has 0 saturated carbocycles. The number of nitrogens with one attached hydrogen (secondary N) is 4. The first-order valence-corrected chi connectivity index (χ1v) is 11.2. The van der Waals surface area contributed by atoms with Gasteiger partial charge in [0.05, 0.1) is 5.69 Å². The standard InChI is InChI=1S/C26H21N5O2/c32-25(14-5-8-27-13-14)22-11-18-16-7-10-31(24(16)4-3-21(18)29-22)26(33)23-12-17-15-6-9-28-19(15)1-2-20(17)30-23/h1-5,8,11-13,27-30H,6-7,9-10H2. The number of carbonyl (C=O) groups is 2. The normalized spacial score (nSPS) is 14.6. The van der Waals surface area contributed by atoms with Crippen LogP contribution in [0.1, 0.15) is 37.7 Å². The zero-order valence-corrected chi connectivity index (χ0v) is 17.8. The van der Waals surface area contributed by atoms with Crippen LogP contribution in [-0.4, -0.2) is 39.7 Å². The Kier molecular flexibility index (Phi) is 3.68. The fraction of sp³-hybridized carbons (Fsp3) is 0.154. The van der Waals surface area contributed by atoms with Crippen molar-refractivity contribution in [3.8, 4) is 0 Å². The van der Waals surface area contributed by atoms with Crippen molar-refractivity contribution in [3.63, 3.8) is 0 Å². The van der Waals surface area contributed by atoms with E-state index in [0.29, 0.717) is 23.5 Å². The Morgan fingerprint density at radius 1 is 0.848 bits per heavy atom. The number of fused-ring (bicyclic) bond motifs is 6. The number of benzene rings is 2. The largest absolute Gasteiger partial charge is 0.384 e. The summed E-state index contributed by atoms with van der Waals surface area (Å²) in [7, 11) is 0. The Bertz CT molecular complexity index is 1590. The average molecular weight is 435 g/mol. The molecule has 3 aromatic heterocycles. The molecule has 5 heterocycles. The lowest BCUT2D eigenvalue weighted by molar-refractivity contribution is 0.0984. The van der Waals surface area contributed by atoms with Crippen LogP contribution in [0.25, 0.3) is 21.8 Å². The number of hydrogen-bond acceptors (Lipinski definition) is 3. The highest BCUT2D eigenvalue weighted by molar-refractivity contribution is 6.13. The van der Waals surface area contributed by atoms with Crippen molar-refractivity contribution < 1.29 is 9.59 Å². The van der Waals surface area contributed by atoms with Crippen molar-refractivity contribution in [2.24, 2.45) is 0 Å². The molecule has 4 N–H and O–H groups in total. The fourth-order valence-electron chi connectivity index (χ4n) is 5.35. The van der Waals surface area contributed by atoms with E-state index >= 15 is 0 Å². The van der Waals surface area contributed by atoms with Gasteiger partial charge in [0, 0.05) is 64.2 Å². The third-order valence-corrected chi connectivity index (χ3v) is 6.95. The van der Waals surface area contributed by atoms with Gasteiger partial charge in [-0.3, -0.25) is 9.59 Å². The molecule has 33 heavy (non-hydrogen) atoms. The molecule has 0 saturated heterocycles. The molecule has 2 aliphatic rings. The Hall–Kier alpha value is -4.26. The minimum Gasteiger partial charge on any atom is -0.384 e. The first-order valence-electron chi connectivity index (χ1n) is 11.2. The molecule has 0 spiro atoms. The molecule has 0 atom stereocenters. The van der Waals surface area contributed by atoms with E-state index in [0.717, 1.165) is 58.1 Å². The van der Waals surface area contributed by atoms with Gasteiger partial charge in [-0.2, -0.15) is 0 Å². The molecule has 1 amide bonds. The molecule has 0 bridgehead atoms. The van der Waals surface area contributed by atoms with Gasteiger partial charge in [-0.1, -0.05) is 0 Å².